The molecule has 0 unspecified atom stereocenters. The first-order chi connectivity index (χ1) is 8.27. The Balaban J connectivity index is 2.51. The third kappa shape index (κ3) is 1.96. The van der Waals surface area contributed by atoms with Crippen LogP contribution in [0.3, 0.4) is 0 Å². The maximum Gasteiger partial charge on any atom is 0.417 e. The maximum atomic E-state index is 12.7. The second kappa shape index (κ2) is 4.16. The molecule has 0 amide bonds. The molecule has 1 aliphatic rings. The highest BCUT2D eigenvalue weighted by Crippen LogP contribution is 2.46. The van der Waals surface area contributed by atoms with E-state index in [9.17, 15) is 23.1 Å². The van der Waals surface area contributed by atoms with Crippen molar-refractivity contribution in [3.63, 3.8) is 0 Å². The van der Waals surface area contributed by atoms with Crippen molar-refractivity contribution >= 4 is 17.6 Å². The quantitative estimate of drug-likeness (QED) is 0.892. The average Bonchev–Trinajstić information content (AvgIpc) is 2.16. The van der Waals surface area contributed by atoms with Crippen LogP contribution in [-0.2, 0) is 16.4 Å². The number of halogens is 4. The zero-order chi connectivity index (χ0) is 13.6. The molecule has 0 heterocycles. The van der Waals surface area contributed by atoms with E-state index in [1.165, 1.54) is 6.07 Å². The van der Waals surface area contributed by atoms with Gasteiger partial charge in [-0.15, -0.1) is 0 Å². The van der Waals surface area contributed by atoms with Gasteiger partial charge in [0.2, 0.25) is 0 Å². The SMILES string of the molecule is O=C(O)C1(c2ccc(Cl)c(C(F)(F)F)c2)CCC1. The van der Waals surface area contributed by atoms with Crippen LogP contribution in [0.25, 0.3) is 0 Å². The van der Waals surface area contributed by atoms with Crippen molar-refractivity contribution in [1.82, 2.24) is 0 Å². The Hall–Kier alpha value is -1.23. The zero-order valence-electron chi connectivity index (χ0n) is 9.22. The summed E-state index contributed by atoms with van der Waals surface area (Å²) in [5, 5.41) is 8.77. The van der Waals surface area contributed by atoms with E-state index in [4.69, 9.17) is 11.6 Å². The molecule has 1 aliphatic carbocycles. The van der Waals surface area contributed by atoms with Gasteiger partial charge in [-0.3, -0.25) is 4.79 Å². The van der Waals surface area contributed by atoms with Gasteiger partial charge in [0, 0.05) is 0 Å². The molecule has 1 saturated carbocycles. The lowest BCUT2D eigenvalue weighted by molar-refractivity contribution is -0.148. The molecule has 1 aromatic rings. The second-order valence-corrected chi connectivity index (χ2v) is 4.84. The van der Waals surface area contributed by atoms with Crippen molar-refractivity contribution in [3.05, 3.63) is 34.3 Å². The van der Waals surface area contributed by atoms with Gasteiger partial charge in [-0.1, -0.05) is 24.1 Å². The minimum Gasteiger partial charge on any atom is -0.481 e. The lowest BCUT2D eigenvalue weighted by Crippen LogP contribution is -2.42. The minimum absolute atomic E-state index is 0.179. The summed E-state index contributed by atoms with van der Waals surface area (Å²) in [7, 11) is 0. The van der Waals surface area contributed by atoms with Crippen molar-refractivity contribution < 1.29 is 23.1 Å². The number of carbonyl (C=O) groups is 1. The molecule has 0 spiro atoms. The van der Waals surface area contributed by atoms with Crippen LogP contribution in [0.2, 0.25) is 5.02 Å². The van der Waals surface area contributed by atoms with Crippen LogP contribution in [0.5, 0.6) is 0 Å². The predicted molar refractivity (Wildman–Crippen MR) is 59.6 cm³/mol. The second-order valence-electron chi connectivity index (χ2n) is 4.43. The van der Waals surface area contributed by atoms with Gasteiger partial charge in [0.05, 0.1) is 16.0 Å². The lowest BCUT2D eigenvalue weighted by Gasteiger charge is -2.38. The summed E-state index contributed by atoms with van der Waals surface area (Å²) < 4.78 is 38.1. The maximum absolute atomic E-state index is 12.7. The number of rotatable bonds is 2. The highest BCUT2D eigenvalue weighted by molar-refractivity contribution is 6.31. The van der Waals surface area contributed by atoms with E-state index in [-0.39, 0.29) is 5.56 Å². The number of alkyl halides is 3. The molecule has 0 radical (unpaired) electrons. The van der Waals surface area contributed by atoms with Gasteiger partial charge in [0.1, 0.15) is 0 Å². The van der Waals surface area contributed by atoms with Crippen molar-refractivity contribution in [1.29, 1.82) is 0 Å². The Bertz CT molecular complexity index is 493. The number of hydrogen-bond donors (Lipinski definition) is 1. The molecule has 1 aromatic carbocycles. The number of benzene rings is 1. The largest absolute Gasteiger partial charge is 0.481 e. The molecule has 2 nitrogen and oxygen atoms in total. The Morgan fingerprint density at radius 2 is 1.94 bits per heavy atom. The molecular weight excluding hydrogens is 269 g/mol. The van der Waals surface area contributed by atoms with Gasteiger partial charge in [0.15, 0.2) is 0 Å². The first-order valence-corrected chi connectivity index (χ1v) is 5.76. The average molecular weight is 279 g/mol. The molecule has 0 saturated heterocycles. The van der Waals surface area contributed by atoms with Gasteiger partial charge >= 0.3 is 12.1 Å². The van der Waals surface area contributed by atoms with Crippen molar-refractivity contribution in [3.8, 4) is 0 Å². The van der Waals surface area contributed by atoms with Gasteiger partial charge in [-0.05, 0) is 30.5 Å². The molecule has 0 aromatic heterocycles. The minimum atomic E-state index is -4.57. The van der Waals surface area contributed by atoms with Crippen LogP contribution >= 0.6 is 11.6 Å². The number of hydrogen-bond acceptors (Lipinski definition) is 1. The summed E-state index contributed by atoms with van der Waals surface area (Å²) in [5.74, 6) is -1.08. The Morgan fingerprint density at radius 1 is 1.33 bits per heavy atom. The standard InChI is InChI=1S/C12H10ClF3O2/c13-9-3-2-7(6-8(9)12(14,15)16)11(10(17)18)4-1-5-11/h2-3,6H,1,4-5H2,(H,17,18). The molecule has 2 rings (SSSR count). The summed E-state index contributed by atoms with van der Waals surface area (Å²) in [6.45, 7) is 0. The molecule has 0 atom stereocenters. The lowest BCUT2D eigenvalue weighted by atomic mass is 9.64. The van der Waals surface area contributed by atoms with E-state index in [1.54, 1.807) is 0 Å². The van der Waals surface area contributed by atoms with Gasteiger partial charge in [0.25, 0.3) is 0 Å². The summed E-state index contributed by atoms with van der Waals surface area (Å²) in [4.78, 5) is 11.2. The number of carboxylic acids is 1. The fraction of sp³-hybridized carbons (Fsp3) is 0.417. The van der Waals surface area contributed by atoms with E-state index in [0.717, 1.165) is 12.1 Å². The van der Waals surface area contributed by atoms with Crippen LogP contribution in [0, 0.1) is 0 Å². The highest BCUT2D eigenvalue weighted by atomic mass is 35.5. The zero-order valence-corrected chi connectivity index (χ0v) is 9.98. The first kappa shape index (κ1) is 13.2. The van der Waals surface area contributed by atoms with Gasteiger partial charge < -0.3 is 5.11 Å². The Morgan fingerprint density at radius 3 is 2.33 bits per heavy atom. The van der Waals surface area contributed by atoms with Crippen molar-refractivity contribution in [2.45, 2.75) is 30.9 Å². The first-order valence-electron chi connectivity index (χ1n) is 5.38. The van der Waals surface area contributed by atoms with Crippen molar-refractivity contribution in [2.75, 3.05) is 0 Å². The molecule has 18 heavy (non-hydrogen) atoms. The van der Waals surface area contributed by atoms with Crippen molar-refractivity contribution in [2.24, 2.45) is 0 Å². The van der Waals surface area contributed by atoms with Gasteiger partial charge in [-0.25, -0.2) is 0 Å². The smallest absolute Gasteiger partial charge is 0.417 e. The van der Waals surface area contributed by atoms with E-state index in [1.807, 2.05) is 0 Å². The van der Waals surface area contributed by atoms with E-state index in [2.05, 4.69) is 0 Å². The normalized spacial score (nSPS) is 18.2. The summed E-state index contributed by atoms with van der Waals surface area (Å²) >= 11 is 5.50. The van der Waals surface area contributed by atoms with Crippen LogP contribution in [0.15, 0.2) is 18.2 Å². The van der Waals surface area contributed by atoms with Crippen LogP contribution in [0.1, 0.15) is 30.4 Å². The third-order valence-corrected chi connectivity index (χ3v) is 3.77. The summed E-state index contributed by atoms with van der Waals surface area (Å²) in [6.07, 6.45) is -3.14. The fourth-order valence-corrected chi connectivity index (χ4v) is 2.42. The molecule has 98 valence electrons. The predicted octanol–water partition coefficient (Wildman–Crippen LogP) is 3.87. The monoisotopic (exact) mass is 278 g/mol. The van der Waals surface area contributed by atoms with Crippen LogP contribution < -0.4 is 0 Å². The summed E-state index contributed by atoms with van der Waals surface area (Å²) in [6, 6.07) is 3.34. The van der Waals surface area contributed by atoms with E-state index < -0.39 is 28.1 Å². The van der Waals surface area contributed by atoms with Gasteiger partial charge in [-0.2, -0.15) is 13.2 Å². The Labute approximate surface area is 106 Å². The number of aliphatic carboxylic acids is 1. The molecular formula is C12H10ClF3O2. The van der Waals surface area contributed by atoms with E-state index in [0.29, 0.717) is 19.3 Å². The molecule has 0 bridgehead atoms. The topological polar surface area (TPSA) is 37.3 Å². The fourth-order valence-electron chi connectivity index (χ4n) is 2.20. The van der Waals surface area contributed by atoms with E-state index >= 15 is 0 Å². The molecule has 1 N–H and O–H groups in total. The highest BCUT2D eigenvalue weighted by Gasteiger charge is 2.47. The third-order valence-electron chi connectivity index (χ3n) is 3.44. The van der Waals surface area contributed by atoms with Crippen LogP contribution in [0.4, 0.5) is 13.2 Å². The summed E-state index contributed by atoms with van der Waals surface area (Å²) in [5.41, 5.74) is -1.97. The molecule has 1 fully saturated rings. The molecule has 0 aliphatic heterocycles. The molecule has 6 heteroatoms. The number of carboxylic acid groups (broad SMARTS) is 1. The van der Waals surface area contributed by atoms with Crippen LogP contribution in [-0.4, -0.2) is 11.1 Å². The Kier molecular flexibility index (Phi) is 3.05.